The number of hydrogen-bond acceptors (Lipinski definition) is 5. The molecule has 1 aromatic rings. The predicted molar refractivity (Wildman–Crippen MR) is 75.4 cm³/mol. The van der Waals surface area contributed by atoms with E-state index in [9.17, 15) is 4.79 Å². The first kappa shape index (κ1) is 13.6. The van der Waals surface area contributed by atoms with Crippen molar-refractivity contribution in [1.29, 1.82) is 0 Å². The van der Waals surface area contributed by atoms with Crippen LogP contribution < -0.4 is 10.2 Å². The first-order valence-electron chi connectivity index (χ1n) is 6.70. The van der Waals surface area contributed by atoms with Gasteiger partial charge in [-0.25, -0.2) is 9.97 Å². The summed E-state index contributed by atoms with van der Waals surface area (Å²) in [6, 6.07) is 1.96. The van der Waals surface area contributed by atoms with Crippen molar-refractivity contribution < 1.29 is 4.79 Å². The fourth-order valence-corrected chi connectivity index (χ4v) is 2.18. The van der Waals surface area contributed by atoms with Crippen molar-refractivity contribution in [3.63, 3.8) is 0 Å². The average molecular weight is 263 g/mol. The van der Waals surface area contributed by atoms with Gasteiger partial charge in [-0.2, -0.15) is 0 Å². The Morgan fingerprint density at radius 3 is 2.53 bits per heavy atom. The SMILES string of the molecule is CCc1nc(NC)cc(N2CCN(C(C)=O)CC2)n1. The smallest absolute Gasteiger partial charge is 0.219 e. The summed E-state index contributed by atoms with van der Waals surface area (Å²) in [6.45, 7) is 6.83. The molecule has 0 aromatic carbocycles. The molecule has 104 valence electrons. The lowest BCUT2D eigenvalue weighted by Crippen LogP contribution is -2.48. The number of nitrogens with zero attached hydrogens (tertiary/aromatic N) is 4. The first-order valence-corrected chi connectivity index (χ1v) is 6.70. The minimum absolute atomic E-state index is 0.146. The minimum Gasteiger partial charge on any atom is -0.373 e. The summed E-state index contributed by atoms with van der Waals surface area (Å²) in [6.07, 6.45) is 0.815. The molecule has 0 spiro atoms. The van der Waals surface area contributed by atoms with Crippen LogP contribution in [-0.4, -0.2) is 54.0 Å². The summed E-state index contributed by atoms with van der Waals surface area (Å²) in [4.78, 5) is 24.4. The second-order valence-electron chi connectivity index (χ2n) is 4.62. The van der Waals surface area contributed by atoms with Crippen molar-refractivity contribution in [1.82, 2.24) is 14.9 Å². The van der Waals surface area contributed by atoms with Gasteiger partial charge in [-0.3, -0.25) is 4.79 Å². The van der Waals surface area contributed by atoms with E-state index >= 15 is 0 Å². The van der Waals surface area contributed by atoms with Crippen LogP contribution in [0.15, 0.2) is 6.07 Å². The highest BCUT2D eigenvalue weighted by molar-refractivity contribution is 5.73. The van der Waals surface area contributed by atoms with Gasteiger partial charge < -0.3 is 15.1 Å². The van der Waals surface area contributed by atoms with Crippen molar-refractivity contribution >= 4 is 17.5 Å². The van der Waals surface area contributed by atoms with Crippen molar-refractivity contribution in [3.8, 4) is 0 Å². The Labute approximate surface area is 113 Å². The fourth-order valence-electron chi connectivity index (χ4n) is 2.18. The van der Waals surface area contributed by atoms with Gasteiger partial charge in [-0.05, 0) is 0 Å². The maximum atomic E-state index is 11.3. The van der Waals surface area contributed by atoms with E-state index in [2.05, 4.69) is 20.2 Å². The Hall–Kier alpha value is -1.85. The van der Waals surface area contributed by atoms with Gasteiger partial charge >= 0.3 is 0 Å². The van der Waals surface area contributed by atoms with Crippen LogP contribution in [0, 0.1) is 0 Å². The number of carbonyl (C=O) groups is 1. The second-order valence-corrected chi connectivity index (χ2v) is 4.62. The van der Waals surface area contributed by atoms with Gasteiger partial charge in [-0.1, -0.05) is 6.92 Å². The van der Waals surface area contributed by atoms with Crippen LogP contribution >= 0.6 is 0 Å². The third-order valence-electron chi connectivity index (χ3n) is 3.38. The van der Waals surface area contributed by atoms with E-state index in [0.717, 1.165) is 50.1 Å². The molecule has 0 radical (unpaired) electrons. The molecule has 0 atom stereocenters. The normalized spacial score (nSPS) is 15.5. The standard InChI is InChI=1S/C13H21N5O/c1-4-11-15-12(14-3)9-13(16-11)18-7-5-17(6-8-18)10(2)19/h9H,4-8H2,1-3H3,(H,14,15,16). The Kier molecular flexibility index (Phi) is 4.19. The van der Waals surface area contributed by atoms with Crippen LogP contribution in [-0.2, 0) is 11.2 Å². The molecule has 1 N–H and O–H groups in total. The molecule has 0 bridgehead atoms. The number of rotatable bonds is 3. The van der Waals surface area contributed by atoms with Crippen molar-refractivity contribution in [3.05, 3.63) is 11.9 Å². The number of anilines is 2. The van der Waals surface area contributed by atoms with Gasteiger partial charge in [-0.15, -0.1) is 0 Å². The summed E-state index contributed by atoms with van der Waals surface area (Å²) in [5.41, 5.74) is 0. The highest BCUT2D eigenvalue weighted by atomic mass is 16.2. The highest BCUT2D eigenvalue weighted by Crippen LogP contribution is 2.17. The van der Waals surface area contributed by atoms with E-state index in [1.165, 1.54) is 0 Å². The fraction of sp³-hybridized carbons (Fsp3) is 0.615. The number of piperazine rings is 1. The summed E-state index contributed by atoms with van der Waals surface area (Å²) in [5.74, 6) is 2.78. The first-order chi connectivity index (χ1) is 9.13. The van der Waals surface area contributed by atoms with E-state index in [1.807, 2.05) is 24.9 Å². The van der Waals surface area contributed by atoms with E-state index in [0.29, 0.717) is 0 Å². The van der Waals surface area contributed by atoms with E-state index in [1.54, 1.807) is 6.92 Å². The molecular weight excluding hydrogens is 242 g/mol. The second kappa shape index (κ2) is 5.86. The number of carbonyl (C=O) groups excluding carboxylic acids is 1. The molecule has 1 saturated heterocycles. The Morgan fingerprint density at radius 1 is 1.32 bits per heavy atom. The number of aromatic nitrogens is 2. The maximum Gasteiger partial charge on any atom is 0.219 e. The molecule has 19 heavy (non-hydrogen) atoms. The molecule has 6 nitrogen and oxygen atoms in total. The lowest BCUT2D eigenvalue weighted by atomic mass is 10.3. The molecule has 6 heteroatoms. The quantitative estimate of drug-likeness (QED) is 0.872. The van der Waals surface area contributed by atoms with Crippen LogP contribution in [0.2, 0.25) is 0 Å². The van der Waals surface area contributed by atoms with Crippen molar-refractivity contribution in [2.45, 2.75) is 20.3 Å². The lowest BCUT2D eigenvalue weighted by Gasteiger charge is -2.35. The van der Waals surface area contributed by atoms with Crippen LogP contribution in [0.1, 0.15) is 19.7 Å². The summed E-state index contributed by atoms with van der Waals surface area (Å²) in [7, 11) is 1.86. The number of aryl methyl sites for hydroxylation is 1. The Balaban J connectivity index is 2.12. The van der Waals surface area contributed by atoms with Crippen LogP contribution in [0.3, 0.4) is 0 Å². The van der Waals surface area contributed by atoms with Gasteiger partial charge in [0.2, 0.25) is 5.91 Å². The van der Waals surface area contributed by atoms with E-state index in [4.69, 9.17) is 0 Å². The molecule has 1 amide bonds. The van der Waals surface area contributed by atoms with Gasteiger partial charge in [0.05, 0.1) is 0 Å². The Bertz CT molecular complexity index is 432. The molecule has 0 unspecified atom stereocenters. The third-order valence-corrected chi connectivity index (χ3v) is 3.38. The third kappa shape index (κ3) is 3.13. The van der Waals surface area contributed by atoms with Gasteiger partial charge in [0.1, 0.15) is 17.5 Å². The molecular formula is C13H21N5O. The topological polar surface area (TPSA) is 61.4 Å². The molecule has 1 aliphatic rings. The molecule has 1 aliphatic heterocycles. The maximum absolute atomic E-state index is 11.3. The summed E-state index contributed by atoms with van der Waals surface area (Å²) < 4.78 is 0. The van der Waals surface area contributed by atoms with Crippen molar-refractivity contribution in [2.75, 3.05) is 43.4 Å². The Morgan fingerprint density at radius 2 is 2.00 bits per heavy atom. The van der Waals surface area contributed by atoms with Crippen molar-refractivity contribution in [2.24, 2.45) is 0 Å². The zero-order valence-electron chi connectivity index (χ0n) is 11.8. The van der Waals surface area contributed by atoms with E-state index < -0.39 is 0 Å². The average Bonchev–Trinajstić information content (AvgIpc) is 2.46. The zero-order valence-corrected chi connectivity index (χ0v) is 11.8. The van der Waals surface area contributed by atoms with Gasteiger partial charge in [0.25, 0.3) is 0 Å². The molecule has 2 rings (SSSR count). The minimum atomic E-state index is 0.146. The number of amides is 1. The monoisotopic (exact) mass is 263 g/mol. The summed E-state index contributed by atoms with van der Waals surface area (Å²) >= 11 is 0. The predicted octanol–water partition coefficient (Wildman–Crippen LogP) is 0.749. The largest absolute Gasteiger partial charge is 0.373 e. The van der Waals surface area contributed by atoms with Crippen LogP contribution in [0.4, 0.5) is 11.6 Å². The number of hydrogen-bond donors (Lipinski definition) is 1. The van der Waals surface area contributed by atoms with Gasteiger partial charge in [0, 0.05) is 52.6 Å². The summed E-state index contributed by atoms with van der Waals surface area (Å²) in [5, 5.41) is 3.07. The lowest BCUT2D eigenvalue weighted by molar-refractivity contribution is -0.129. The molecule has 1 fully saturated rings. The molecule has 0 aliphatic carbocycles. The van der Waals surface area contributed by atoms with Gasteiger partial charge in [0.15, 0.2) is 0 Å². The number of nitrogens with one attached hydrogen (secondary N) is 1. The van der Waals surface area contributed by atoms with Crippen LogP contribution in [0.25, 0.3) is 0 Å². The highest BCUT2D eigenvalue weighted by Gasteiger charge is 2.20. The zero-order chi connectivity index (χ0) is 13.8. The van der Waals surface area contributed by atoms with E-state index in [-0.39, 0.29) is 5.91 Å². The molecule has 2 heterocycles. The molecule has 0 saturated carbocycles. The molecule has 1 aromatic heterocycles. The van der Waals surface area contributed by atoms with Crippen LogP contribution in [0.5, 0.6) is 0 Å².